The third kappa shape index (κ3) is 5.74. The molecule has 0 saturated carbocycles. The van der Waals surface area contributed by atoms with Gasteiger partial charge in [-0.2, -0.15) is 0 Å². The van der Waals surface area contributed by atoms with Crippen LogP contribution in [0, 0.1) is 0 Å². The molecule has 0 spiro atoms. The van der Waals surface area contributed by atoms with Crippen molar-refractivity contribution in [1.82, 2.24) is 5.32 Å². The maximum Gasteiger partial charge on any atom is 0.261 e. The van der Waals surface area contributed by atoms with Crippen molar-refractivity contribution in [2.75, 3.05) is 6.54 Å². The Balaban J connectivity index is 1.46. The van der Waals surface area contributed by atoms with Crippen LogP contribution in [-0.2, 0) is 24.1 Å². The molecule has 2 aromatic carbocycles. The van der Waals surface area contributed by atoms with Crippen LogP contribution in [0.4, 0.5) is 0 Å². The van der Waals surface area contributed by atoms with Gasteiger partial charge in [0.05, 0.1) is 0 Å². The molecule has 3 rings (SSSR count). The minimum atomic E-state index is -0.442. The van der Waals surface area contributed by atoms with Crippen molar-refractivity contribution in [3.05, 3.63) is 64.2 Å². The van der Waals surface area contributed by atoms with Gasteiger partial charge in [-0.1, -0.05) is 36.7 Å². The highest BCUT2D eigenvalue weighted by Gasteiger charge is 2.19. The van der Waals surface area contributed by atoms with E-state index in [2.05, 4.69) is 17.4 Å². The van der Waals surface area contributed by atoms with E-state index in [-0.39, 0.29) is 5.91 Å². The molecule has 1 amide bonds. The molecule has 0 saturated heterocycles. The third-order valence-electron chi connectivity index (χ3n) is 5.12. The van der Waals surface area contributed by atoms with Crippen molar-refractivity contribution in [3.63, 3.8) is 0 Å². The van der Waals surface area contributed by atoms with Gasteiger partial charge in [0.25, 0.3) is 5.91 Å². The van der Waals surface area contributed by atoms with E-state index in [0.29, 0.717) is 13.0 Å². The van der Waals surface area contributed by atoms with Gasteiger partial charge in [0, 0.05) is 11.6 Å². The molecule has 1 unspecified atom stereocenters. The summed E-state index contributed by atoms with van der Waals surface area (Å²) < 4.78 is 5.99. The van der Waals surface area contributed by atoms with Gasteiger partial charge in [0.15, 0.2) is 6.10 Å². The first-order valence-corrected chi connectivity index (χ1v) is 10.3. The number of hydrogen-bond donors (Lipinski definition) is 1. The molecule has 3 nitrogen and oxygen atoms in total. The highest BCUT2D eigenvalue weighted by molar-refractivity contribution is 6.30. The average molecular weight is 386 g/mol. The van der Waals surface area contributed by atoms with E-state index in [1.807, 2.05) is 37.3 Å². The number of carbonyl (C=O) groups is 1. The Labute approximate surface area is 167 Å². The van der Waals surface area contributed by atoms with E-state index < -0.39 is 6.10 Å². The maximum absolute atomic E-state index is 12.5. The van der Waals surface area contributed by atoms with E-state index in [0.717, 1.165) is 36.5 Å². The normalized spacial score (nSPS) is 14.3. The van der Waals surface area contributed by atoms with Crippen molar-refractivity contribution in [2.45, 2.75) is 58.0 Å². The van der Waals surface area contributed by atoms with E-state index >= 15 is 0 Å². The second kappa shape index (κ2) is 9.80. The molecule has 27 heavy (non-hydrogen) atoms. The van der Waals surface area contributed by atoms with Crippen LogP contribution in [0.2, 0.25) is 5.02 Å². The summed E-state index contributed by atoms with van der Waals surface area (Å²) in [6.45, 7) is 2.63. The zero-order valence-corrected chi connectivity index (χ0v) is 16.7. The molecule has 0 heterocycles. The lowest BCUT2D eigenvalue weighted by Gasteiger charge is -2.20. The van der Waals surface area contributed by atoms with E-state index in [1.165, 1.54) is 29.5 Å². The number of hydrogen-bond acceptors (Lipinski definition) is 2. The van der Waals surface area contributed by atoms with Crippen LogP contribution in [0.15, 0.2) is 42.5 Å². The number of benzene rings is 2. The van der Waals surface area contributed by atoms with Gasteiger partial charge in [-0.05, 0) is 85.9 Å². The van der Waals surface area contributed by atoms with Crippen molar-refractivity contribution < 1.29 is 9.53 Å². The fourth-order valence-electron chi connectivity index (χ4n) is 3.54. The highest BCUT2D eigenvalue weighted by atomic mass is 35.5. The number of amides is 1. The molecule has 1 aliphatic carbocycles. The monoisotopic (exact) mass is 385 g/mol. The second-order valence-corrected chi connectivity index (χ2v) is 7.61. The van der Waals surface area contributed by atoms with E-state index in [1.54, 1.807) is 0 Å². The zero-order chi connectivity index (χ0) is 19.1. The predicted molar refractivity (Wildman–Crippen MR) is 111 cm³/mol. The van der Waals surface area contributed by atoms with Gasteiger partial charge in [-0.15, -0.1) is 0 Å². The van der Waals surface area contributed by atoms with Crippen molar-refractivity contribution in [1.29, 1.82) is 0 Å². The summed E-state index contributed by atoms with van der Waals surface area (Å²) in [7, 11) is 0. The number of carbonyl (C=O) groups excluding carboxylic acids is 1. The Kier molecular flexibility index (Phi) is 7.17. The van der Waals surface area contributed by atoms with Gasteiger partial charge in [-0.25, -0.2) is 0 Å². The number of fused-ring (bicyclic) bond motifs is 1. The lowest BCUT2D eigenvalue weighted by atomic mass is 9.92. The van der Waals surface area contributed by atoms with Gasteiger partial charge in [-0.3, -0.25) is 4.79 Å². The first-order chi connectivity index (χ1) is 13.2. The van der Waals surface area contributed by atoms with Crippen molar-refractivity contribution in [3.8, 4) is 5.75 Å². The Morgan fingerprint density at radius 3 is 2.59 bits per heavy atom. The number of aryl methyl sites for hydroxylation is 3. The molecule has 1 N–H and O–H groups in total. The van der Waals surface area contributed by atoms with Gasteiger partial charge < -0.3 is 10.1 Å². The van der Waals surface area contributed by atoms with Gasteiger partial charge in [0.1, 0.15) is 5.75 Å². The number of nitrogens with one attached hydrogen (secondary N) is 1. The van der Waals surface area contributed by atoms with Crippen LogP contribution in [0.1, 0.15) is 49.3 Å². The Bertz CT molecular complexity index is 757. The summed E-state index contributed by atoms with van der Waals surface area (Å²) in [6, 6.07) is 14.1. The molecule has 2 aromatic rings. The van der Waals surface area contributed by atoms with Crippen LogP contribution >= 0.6 is 11.6 Å². The number of halogens is 1. The number of ether oxygens (including phenoxy) is 1. The van der Waals surface area contributed by atoms with Crippen LogP contribution < -0.4 is 10.1 Å². The molecule has 0 radical (unpaired) electrons. The zero-order valence-electron chi connectivity index (χ0n) is 16.0. The summed E-state index contributed by atoms with van der Waals surface area (Å²) in [5, 5.41) is 3.76. The van der Waals surface area contributed by atoms with Crippen LogP contribution in [0.5, 0.6) is 5.75 Å². The fourth-order valence-corrected chi connectivity index (χ4v) is 3.66. The molecule has 4 heteroatoms. The summed E-state index contributed by atoms with van der Waals surface area (Å²) in [4.78, 5) is 12.5. The third-order valence-corrected chi connectivity index (χ3v) is 5.37. The Morgan fingerprint density at radius 2 is 1.85 bits per heavy atom. The van der Waals surface area contributed by atoms with Crippen LogP contribution in [0.25, 0.3) is 0 Å². The predicted octanol–water partition coefficient (Wildman–Crippen LogP) is 5.13. The van der Waals surface area contributed by atoms with E-state index in [4.69, 9.17) is 16.3 Å². The molecule has 0 bridgehead atoms. The molecular weight excluding hydrogens is 358 g/mol. The minimum absolute atomic E-state index is 0.0358. The van der Waals surface area contributed by atoms with Gasteiger partial charge >= 0.3 is 0 Å². The summed E-state index contributed by atoms with van der Waals surface area (Å²) in [5.74, 6) is 0.769. The fraction of sp³-hybridized carbons (Fsp3) is 0.435. The summed E-state index contributed by atoms with van der Waals surface area (Å²) in [5.41, 5.74) is 4.02. The quantitative estimate of drug-likeness (QED) is 0.640. The maximum atomic E-state index is 12.5. The SMILES string of the molecule is CCC(Oc1ccc2c(c1)CCCC2)C(=O)NCCCc1ccc(Cl)cc1. The highest BCUT2D eigenvalue weighted by Crippen LogP contribution is 2.26. The lowest BCUT2D eigenvalue weighted by Crippen LogP contribution is -2.38. The largest absolute Gasteiger partial charge is 0.481 e. The molecule has 144 valence electrons. The smallest absolute Gasteiger partial charge is 0.261 e. The second-order valence-electron chi connectivity index (χ2n) is 7.17. The molecule has 0 aliphatic heterocycles. The first-order valence-electron chi connectivity index (χ1n) is 9.96. The van der Waals surface area contributed by atoms with Crippen LogP contribution in [-0.4, -0.2) is 18.6 Å². The molecule has 0 fully saturated rings. The topological polar surface area (TPSA) is 38.3 Å². The Morgan fingerprint density at radius 1 is 1.11 bits per heavy atom. The molecule has 0 aromatic heterocycles. The van der Waals surface area contributed by atoms with Gasteiger partial charge in [0.2, 0.25) is 0 Å². The number of rotatable bonds is 8. The van der Waals surface area contributed by atoms with Crippen LogP contribution in [0.3, 0.4) is 0 Å². The minimum Gasteiger partial charge on any atom is -0.481 e. The molecule has 1 atom stereocenters. The average Bonchev–Trinajstić information content (AvgIpc) is 2.70. The standard InChI is InChI=1S/C23H28ClNO2/c1-2-22(27-21-14-11-18-7-3-4-8-19(18)16-21)23(26)25-15-5-6-17-9-12-20(24)13-10-17/h9-14,16,22H,2-8,15H2,1H3,(H,25,26). The summed E-state index contributed by atoms with van der Waals surface area (Å²) in [6.07, 6.45) is 6.79. The molecular formula is C23H28ClNO2. The summed E-state index contributed by atoms with van der Waals surface area (Å²) >= 11 is 5.90. The van der Waals surface area contributed by atoms with Crippen molar-refractivity contribution >= 4 is 17.5 Å². The lowest BCUT2D eigenvalue weighted by molar-refractivity contribution is -0.128. The Hall–Kier alpha value is -2.00. The molecule has 1 aliphatic rings. The van der Waals surface area contributed by atoms with Crippen molar-refractivity contribution in [2.24, 2.45) is 0 Å². The first kappa shape index (κ1) is 19.8. The van der Waals surface area contributed by atoms with E-state index in [9.17, 15) is 4.79 Å².